The number of hydrogen-bond donors (Lipinski definition) is 0. The molecule has 1 aliphatic rings. The van der Waals surface area contributed by atoms with Gasteiger partial charge < -0.3 is 4.90 Å². The Hall–Kier alpha value is -2.30. The number of carbonyl (C=O) groups excluding carboxylic acids is 2. The molecule has 1 heterocycles. The minimum atomic E-state index is -0.400. The maximum Gasteiger partial charge on any atom is 0.180 e. The third-order valence-electron chi connectivity index (χ3n) is 5.76. The molecule has 0 bridgehead atoms. The van der Waals surface area contributed by atoms with Crippen molar-refractivity contribution in [2.24, 2.45) is 0 Å². The fourth-order valence-corrected chi connectivity index (χ4v) is 3.98. The van der Waals surface area contributed by atoms with Gasteiger partial charge in [-0.3, -0.25) is 14.5 Å². The third-order valence-corrected chi connectivity index (χ3v) is 5.76. The van der Waals surface area contributed by atoms with Gasteiger partial charge in [0.1, 0.15) is 0 Å². The maximum atomic E-state index is 13.3. The van der Waals surface area contributed by atoms with Crippen molar-refractivity contribution >= 4 is 11.6 Å². The zero-order valence-electron chi connectivity index (χ0n) is 17.4. The molecule has 0 spiro atoms. The van der Waals surface area contributed by atoms with Crippen LogP contribution < -0.4 is 0 Å². The van der Waals surface area contributed by atoms with E-state index in [9.17, 15) is 9.59 Å². The lowest BCUT2D eigenvalue weighted by Gasteiger charge is -2.38. The van der Waals surface area contributed by atoms with Crippen LogP contribution in [0.25, 0.3) is 0 Å². The highest BCUT2D eigenvalue weighted by molar-refractivity contribution is 6.05. The van der Waals surface area contributed by atoms with Crippen LogP contribution in [0, 0.1) is 0 Å². The highest BCUT2D eigenvalue weighted by Crippen LogP contribution is 2.18. The molecule has 1 saturated heterocycles. The van der Waals surface area contributed by atoms with Gasteiger partial charge >= 0.3 is 0 Å². The summed E-state index contributed by atoms with van der Waals surface area (Å²) in [7, 11) is 0. The van der Waals surface area contributed by atoms with Gasteiger partial charge in [0, 0.05) is 43.7 Å². The van der Waals surface area contributed by atoms with Crippen molar-refractivity contribution in [2.45, 2.75) is 38.6 Å². The Morgan fingerprint density at radius 2 is 1.41 bits per heavy atom. The third kappa shape index (κ3) is 6.09. The second kappa shape index (κ2) is 11.0. The van der Waals surface area contributed by atoms with Crippen LogP contribution in [0.3, 0.4) is 0 Å². The van der Waals surface area contributed by atoms with Gasteiger partial charge in [-0.05, 0) is 13.0 Å². The summed E-state index contributed by atoms with van der Waals surface area (Å²) >= 11 is 0. The summed E-state index contributed by atoms with van der Waals surface area (Å²) in [4.78, 5) is 30.9. The van der Waals surface area contributed by atoms with Gasteiger partial charge in [0.25, 0.3) is 0 Å². The first-order valence-electron chi connectivity index (χ1n) is 10.8. The molecule has 2 aromatic carbocycles. The summed E-state index contributed by atoms with van der Waals surface area (Å²) in [6.45, 7) is 6.93. The molecule has 29 heavy (non-hydrogen) atoms. The van der Waals surface area contributed by atoms with Gasteiger partial charge in [0.05, 0.1) is 6.04 Å². The van der Waals surface area contributed by atoms with E-state index in [-0.39, 0.29) is 18.0 Å². The Morgan fingerprint density at radius 3 is 2.00 bits per heavy atom. The van der Waals surface area contributed by atoms with Crippen LogP contribution in [-0.4, -0.2) is 60.1 Å². The van der Waals surface area contributed by atoms with Gasteiger partial charge in [-0.15, -0.1) is 0 Å². The van der Waals surface area contributed by atoms with E-state index in [2.05, 4.69) is 16.7 Å². The summed E-state index contributed by atoms with van der Waals surface area (Å²) in [6.07, 6.45) is 3.96. The molecule has 0 radical (unpaired) electrons. The smallest absolute Gasteiger partial charge is 0.180 e. The molecular weight excluding hydrogens is 360 g/mol. The van der Waals surface area contributed by atoms with Crippen molar-refractivity contribution in [1.82, 2.24) is 9.80 Å². The number of piperazine rings is 1. The van der Waals surface area contributed by atoms with E-state index in [4.69, 9.17) is 0 Å². The Morgan fingerprint density at radius 1 is 0.828 bits per heavy atom. The number of benzene rings is 2. The molecule has 4 nitrogen and oxygen atoms in total. The number of carbonyl (C=O) groups is 2. The van der Waals surface area contributed by atoms with Gasteiger partial charge in [-0.1, -0.05) is 80.4 Å². The van der Waals surface area contributed by atoms with Crippen LogP contribution in [0.1, 0.15) is 53.3 Å². The lowest BCUT2D eigenvalue weighted by Crippen LogP contribution is -2.53. The van der Waals surface area contributed by atoms with E-state index >= 15 is 0 Å². The minimum absolute atomic E-state index is 0.0326. The quantitative estimate of drug-likeness (QED) is 0.446. The molecular formula is C25H32N2O2. The predicted octanol–water partition coefficient (Wildman–Crippen LogP) is 4.32. The number of hydrogen-bond acceptors (Lipinski definition) is 4. The van der Waals surface area contributed by atoms with E-state index in [1.54, 1.807) is 0 Å². The summed E-state index contributed by atoms with van der Waals surface area (Å²) in [6, 6.07) is 18.3. The Bertz CT molecular complexity index is 768. The fourth-order valence-electron chi connectivity index (χ4n) is 3.98. The average molecular weight is 393 g/mol. The molecule has 0 aliphatic carbocycles. The second-order valence-corrected chi connectivity index (χ2v) is 7.82. The Balaban J connectivity index is 1.70. The van der Waals surface area contributed by atoms with Crippen LogP contribution in [0.5, 0.6) is 0 Å². The van der Waals surface area contributed by atoms with Crippen LogP contribution in [0.4, 0.5) is 0 Å². The first kappa shape index (κ1) is 21.4. The van der Waals surface area contributed by atoms with Crippen molar-refractivity contribution in [3.8, 4) is 0 Å². The molecule has 1 aliphatic heterocycles. The van der Waals surface area contributed by atoms with E-state index in [0.717, 1.165) is 32.7 Å². The van der Waals surface area contributed by atoms with Crippen molar-refractivity contribution < 1.29 is 9.59 Å². The van der Waals surface area contributed by atoms with E-state index in [0.29, 0.717) is 11.1 Å². The predicted molar refractivity (Wildman–Crippen MR) is 117 cm³/mol. The average Bonchev–Trinajstić information content (AvgIpc) is 2.79. The largest absolute Gasteiger partial charge is 0.301 e. The number of unbranched alkanes of at least 4 members (excludes halogenated alkanes) is 2. The van der Waals surface area contributed by atoms with Crippen LogP contribution in [0.2, 0.25) is 0 Å². The molecule has 0 unspecified atom stereocenters. The topological polar surface area (TPSA) is 40.6 Å². The molecule has 0 N–H and O–H groups in total. The molecule has 0 amide bonds. The first-order chi connectivity index (χ1) is 14.2. The SMILES string of the molecule is CCCCCN1CCN([C@H](CC(=O)c2ccccc2)C(=O)c2ccccc2)CC1. The lowest BCUT2D eigenvalue weighted by atomic mass is 9.95. The molecule has 3 rings (SSSR count). The summed E-state index contributed by atoms with van der Waals surface area (Å²) < 4.78 is 0. The lowest BCUT2D eigenvalue weighted by molar-refractivity contribution is 0.0608. The van der Waals surface area contributed by atoms with Crippen molar-refractivity contribution in [3.05, 3.63) is 71.8 Å². The summed E-state index contributed by atoms with van der Waals surface area (Å²) in [5.41, 5.74) is 1.36. The molecule has 1 atom stereocenters. The first-order valence-corrected chi connectivity index (χ1v) is 10.8. The molecule has 0 aromatic heterocycles. The van der Waals surface area contributed by atoms with Crippen molar-refractivity contribution in [2.75, 3.05) is 32.7 Å². The van der Waals surface area contributed by atoms with Crippen LogP contribution >= 0.6 is 0 Å². The van der Waals surface area contributed by atoms with Crippen molar-refractivity contribution in [1.29, 1.82) is 0 Å². The van der Waals surface area contributed by atoms with Crippen LogP contribution in [-0.2, 0) is 0 Å². The Kier molecular flexibility index (Phi) is 8.14. The van der Waals surface area contributed by atoms with Gasteiger partial charge in [0.2, 0.25) is 0 Å². The summed E-state index contributed by atoms with van der Waals surface area (Å²) in [5.74, 6) is 0.0829. The molecule has 0 saturated carbocycles. The van der Waals surface area contributed by atoms with Gasteiger partial charge in [-0.25, -0.2) is 0 Å². The Labute approximate surface area is 174 Å². The van der Waals surface area contributed by atoms with Gasteiger partial charge in [-0.2, -0.15) is 0 Å². The highest BCUT2D eigenvalue weighted by atomic mass is 16.1. The number of rotatable bonds is 10. The van der Waals surface area contributed by atoms with E-state index in [1.807, 2.05) is 60.7 Å². The molecule has 4 heteroatoms. The number of nitrogens with zero attached hydrogens (tertiary/aromatic N) is 2. The minimum Gasteiger partial charge on any atom is -0.301 e. The second-order valence-electron chi connectivity index (χ2n) is 7.82. The standard InChI is InChI=1S/C25H32N2O2/c1-2-3-10-15-26-16-18-27(19-17-26)23(25(29)22-13-8-5-9-14-22)20-24(28)21-11-6-4-7-12-21/h4-9,11-14,23H,2-3,10,15-20H2,1H3/t23-/m1/s1. The molecule has 154 valence electrons. The monoisotopic (exact) mass is 392 g/mol. The maximum absolute atomic E-state index is 13.3. The van der Waals surface area contributed by atoms with Crippen LogP contribution in [0.15, 0.2) is 60.7 Å². The highest BCUT2D eigenvalue weighted by Gasteiger charge is 2.31. The van der Waals surface area contributed by atoms with E-state index in [1.165, 1.54) is 19.3 Å². The zero-order chi connectivity index (χ0) is 20.5. The van der Waals surface area contributed by atoms with Crippen molar-refractivity contribution in [3.63, 3.8) is 0 Å². The number of ketones is 2. The fraction of sp³-hybridized carbons (Fsp3) is 0.440. The molecule has 2 aromatic rings. The molecule has 1 fully saturated rings. The summed E-state index contributed by atoms with van der Waals surface area (Å²) in [5, 5.41) is 0. The normalized spacial score (nSPS) is 16.4. The zero-order valence-corrected chi connectivity index (χ0v) is 17.4. The number of Topliss-reactive ketones (excluding diaryl/α,β-unsaturated/α-hetero) is 2. The van der Waals surface area contributed by atoms with E-state index < -0.39 is 6.04 Å². The van der Waals surface area contributed by atoms with Gasteiger partial charge in [0.15, 0.2) is 11.6 Å².